The highest BCUT2D eigenvalue weighted by Crippen LogP contribution is 2.19. The molecule has 1 aliphatic heterocycles. The van der Waals surface area contributed by atoms with Gasteiger partial charge in [-0.2, -0.15) is 0 Å². The highest BCUT2D eigenvalue weighted by molar-refractivity contribution is 5.97. The molecule has 1 saturated heterocycles. The molecule has 1 aliphatic rings. The third-order valence-electron chi connectivity index (χ3n) is 3.26. The molecule has 6 heteroatoms. The summed E-state index contributed by atoms with van der Waals surface area (Å²) in [7, 11) is 1.57. The number of rotatable bonds is 5. The second-order valence-corrected chi connectivity index (χ2v) is 4.73. The summed E-state index contributed by atoms with van der Waals surface area (Å²) in [4.78, 5) is 25.4. The molecule has 0 aliphatic carbocycles. The maximum Gasteiger partial charge on any atom is 0.229 e. The van der Waals surface area contributed by atoms with Gasteiger partial charge in [0.2, 0.25) is 11.8 Å². The molecule has 0 spiro atoms. The number of nitrogens with one attached hydrogen (secondary N) is 1. The SMILES string of the molecule is COCCN1CC(C(=O)Nc2ccc(F)cc2)CC1=O. The van der Waals surface area contributed by atoms with Crippen molar-refractivity contribution in [2.45, 2.75) is 6.42 Å². The molecule has 1 N–H and O–H groups in total. The lowest BCUT2D eigenvalue weighted by Crippen LogP contribution is -2.30. The first-order chi connectivity index (χ1) is 9.60. The number of carbonyl (C=O) groups is 2. The van der Waals surface area contributed by atoms with Crippen LogP contribution in [0.5, 0.6) is 0 Å². The summed E-state index contributed by atoms with van der Waals surface area (Å²) >= 11 is 0. The van der Waals surface area contributed by atoms with E-state index in [2.05, 4.69) is 5.32 Å². The molecule has 20 heavy (non-hydrogen) atoms. The van der Waals surface area contributed by atoms with E-state index in [0.29, 0.717) is 25.4 Å². The standard InChI is InChI=1S/C14H17FN2O3/c1-20-7-6-17-9-10(8-13(17)18)14(19)16-12-4-2-11(15)3-5-12/h2-5,10H,6-9H2,1H3,(H,16,19). The van der Waals surface area contributed by atoms with E-state index in [0.717, 1.165) is 0 Å². The molecule has 0 bridgehead atoms. The largest absolute Gasteiger partial charge is 0.383 e. The van der Waals surface area contributed by atoms with Gasteiger partial charge in [-0.3, -0.25) is 9.59 Å². The van der Waals surface area contributed by atoms with Gasteiger partial charge in [0.1, 0.15) is 5.82 Å². The molecule has 1 unspecified atom stereocenters. The maximum atomic E-state index is 12.8. The van der Waals surface area contributed by atoms with Crippen molar-refractivity contribution in [3.05, 3.63) is 30.1 Å². The second kappa shape index (κ2) is 6.47. The first kappa shape index (κ1) is 14.5. The summed E-state index contributed by atoms with van der Waals surface area (Å²) < 4.78 is 17.7. The number of hydrogen-bond acceptors (Lipinski definition) is 3. The van der Waals surface area contributed by atoms with Gasteiger partial charge in [-0.15, -0.1) is 0 Å². The second-order valence-electron chi connectivity index (χ2n) is 4.73. The Balaban J connectivity index is 1.90. The minimum Gasteiger partial charge on any atom is -0.383 e. The van der Waals surface area contributed by atoms with E-state index in [1.807, 2.05) is 0 Å². The predicted molar refractivity (Wildman–Crippen MR) is 71.6 cm³/mol. The zero-order valence-corrected chi connectivity index (χ0v) is 11.3. The number of likely N-dealkylation sites (tertiary alicyclic amines) is 1. The maximum absolute atomic E-state index is 12.8. The van der Waals surface area contributed by atoms with Gasteiger partial charge in [-0.25, -0.2) is 4.39 Å². The van der Waals surface area contributed by atoms with E-state index >= 15 is 0 Å². The zero-order chi connectivity index (χ0) is 14.5. The third-order valence-corrected chi connectivity index (χ3v) is 3.26. The van der Waals surface area contributed by atoms with E-state index in [9.17, 15) is 14.0 Å². The molecule has 1 heterocycles. The zero-order valence-electron chi connectivity index (χ0n) is 11.3. The summed E-state index contributed by atoms with van der Waals surface area (Å²) in [5.74, 6) is -0.986. The molecule has 0 radical (unpaired) electrons. The van der Waals surface area contributed by atoms with E-state index in [-0.39, 0.29) is 30.0 Å². The minimum atomic E-state index is -0.371. The average Bonchev–Trinajstić information content (AvgIpc) is 2.80. The molecular weight excluding hydrogens is 263 g/mol. The summed E-state index contributed by atoms with van der Waals surface area (Å²) in [6.07, 6.45) is 0.205. The number of carbonyl (C=O) groups excluding carboxylic acids is 2. The van der Waals surface area contributed by atoms with Crippen molar-refractivity contribution < 1.29 is 18.7 Å². The fraction of sp³-hybridized carbons (Fsp3) is 0.429. The Morgan fingerprint density at radius 1 is 1.45 bits per heavy atom. The lowest BCUT2D eigenvalue weighted by molar-refractivity contribution is -0.128. The molecule has 5 nitrogen and oxygen atoms in total. The fourth-order valence-electron chi connectivity index (χ4n) is 2.14. The van der Waals surface area contributed by atoms with Crippen LogP contribution in [-0.4, -0.2) is 43.5 Å². The minimum absolute atomic E-state index is 0.0405. The summed E-state index contributed by atoms with van der Waals surface area (Å²) in [6.45, 7) is 1.35. The molecule has 1 atom stereocenters. The number of halogens is 1. The highest BCUT2D eigenvalue weighted by atomic mass is 19.1. The topological polar surface area (TPSA) is 58.6 Å². The monoisotopic (exact) mass is 280 g/mol. The number of ether oxygens (including phenoxy) is 1. The molecule has 1 fully saturated rings. The number of hydrogen-bond donors (Lipinski definition) is 1. The van der Waals surface area contributed by atoms with Gasteiger partial charge in [0.15, 0.2) is 0 Å². The van der Waals surface area contributed by atoms with Crippen LogP contribution >= 0.6 is 0 Å². The Bertz CT molecular complexity index is 490. The first-order valence-corrected chi connectivity index (χ1v) is 6.43. The van der Waals surface area contributed by atoms with Crippen molar-refractivity contribution in [1.29, 1.82) is 0 Å². The molecular formula is C14H17FN2O3. The number of nitrogens with zero attached hydrogens (tertiary/aromatic N) is 1. The smallest absolute Gasteiger partial charge is 0.229 e. The normalized spacial score (nSPS) is 18.4. The third kappa shape index (κ3) is 3.54. The molecule has 2 amide bonds. The predicted octanol–water partition coefficient (Wildman–Crippen LogP) is 1.26. The molecule has 1 aromatic carbocycles. The Morgan fingerprint density at radius 2 is 2.15 bits per heavy atom. The van der Waals surface area contributed by atoms with Gasteiger partial charge in [-0.05, 0) is 24.3 Å². The van der Waals surface area contributed by atoms with Gasteiger partial charge in [0.25, 0.3) is 0 Å². The van der Waals surface area contributed by atoms with Crippen LogP contribution in [0.4, 0.5) is 10.1 Å². The number of methoxy groups -OCH3 is 1. The van der Waals surface area contributed by atoms with Crippen molar-refractivity contribution in [1.82, 2.24) is 4.90 Å². The van der Waals surface area contributed by atoms with Gasteiger partial charge >= 0.3 is 0 Å². The van der Waals surface area contributed by atoms with Crippen molar-refractivity contribution in [3.63, 3.8) is 0 Å². The van der Waals surface area contributed by atoms with E-state index in [4.69, 9.17) is 4.74 Å². The molecule has 0 saturated carbocycles. The molecule has 2 rings (SSSR count). The quantitative estimate of drug-likeness (QED) is 0.883. The summed E-state index contributed by atoms with van der Waals surface area (Å²) in [5.41, 5.74) is 0.527. The van der Waals surface area contributed by atoms with Crippen LogP contribution in [-0.2, 0) is 14.3 Å². The van der Waals surface area contributed by atoms with Crippen molar-refractivity contribution in [2.75, 3.05) is 32.1 Å². The Kier molecular flexibility index (Phi) is 4.68. The van der Waals surface area contributed by atoms with E-state index in [1.54, 1.807) is 12.0 Å². The Hall–Kier alpha value is -1.95. The van der Waals surface area contributed by atoms with Crippen LogP contribution < -0.4 is 5.32 Å². The van der Waals surface area contributed by atoms with Gasteiger partial charge in [0.05, 0.1) is 12.5 Å². The van der Waals surface area contributed by atoms with Gasteiger partial charge in [-0.1, -0.05) is 0 Å². The Labute approximate surface area is 116 Å². The number of anilines is 1. The van der Waals surface area contributed by atoms with Gasteiger partial charge in [0, 0.05) is 32.3 Å². The summed E-state index contributed by atoms with van der Waals surface area (Å²) in [6, 6.07) is 5.54. The molecule has 1 aromatic rings. The van der Waals surface area contributed by atoms with Gasteiger partial charge < -0.3 is 15.0 Å². The summed E-state index contributed by atoms with van der Waals surface area (Å²) in [5, 5.41) is 2.69. The fourth-order valence-corrected chi connectivity index (χ4v) is 2.14. The first-order valence-electron chi connectivity index (χ1n) is 6.43. The van der Waals surface area contributed by atoms with E-state index < -0.39 is 0 Å². The lowest BCUT2D eigenvalue weighted by Gasteiger charge is -2.15. The van der Waals surface area contributed by atoms with Crippen LogP contribution in [0.1, 0.15) is 6.42 Å². The highest BCUT2D eigenvalue weighted by Gasteiger charge is 2.33. The number of amides is 2. The molecule has 0 aromatic heterocycles. The number of benzene rings is 1. The average molecular weight is 280 g/mol. The van der Waals surface area contributed by atoms with E-state index in [1.165, 1.54) is 24.3 Å². The van der Waals surface area contributed by atoms with Crippen molar-refractivity contribution >= 4 is 17.5 Å². The van der Waals surface area contributed by atoms with Crippen molar-refractivity contribution in [2.24, 2.45) is 5.92 Å². The Morgan fingerprint density at radius 3 is 2.80 bits per heavy atom. The van der Waals surface area contributed by atoms with Crippen LogP contribution in [0.2, 0.25) is 0 Å². The van der Waals surface area contributed by atoms with Crippen LogP contribution in [0.25, 0.3) is 0 Å². The lowest BCUT2D eigenvalue weighted by atomic mass is 10.1. The van der Waals surface area contributed by atoms with Crippen LogP contribution in [0, 0.1) is 11.7 Å². The van der Waals surface area contributed by atoms with Crippen LogP contribution in [0.15, 0.2) is 24.3 Å². The molecule has 108 valence electrons. The van der Waals surface area contributed by atoms with Crippen molar-refractivity contribution in [3.8, 4) is 0 Å². The van der Waals surface area contributed by atoms with Crippen LogP contribution in [0.3, 0.4) is 0 Å².